The van der Waals surface area contributed by atoms with Crippen LogP contribution in [0.25, 0.3) is 0 Å². The number of alkyl halides is 3. The number of anilines is 1. The molecule has 2 aromatic rings. The van der Waals surface area contributed by atoms with Crippen LogP contribution < -0.4 is 5.32 Å². The van der Waals surface area contributed by atoms with Crippen LogP contribution in [0.5, 0.6) is 0 Å². The zero-order valence-electron chi connectivity index (χ0n) is 15.0. The summed E-state index contributed by atoms with van der Waals surface area (Å²) in [7, 11) is -2.68. The van der Waals surface area contributed by atoms with Gasteiger partial charge in [0.25, 0.3) is 5.91 Å². The van der Waals surface area contributed by atoms with Gasteiger partial charge in [0.05, 0.1) is 18.1 Å². The minimum Gasteiger partial charge on any atom is -0.379 e. The third-order valence-corrected chi connectivity index (χ3v) is 6.46. The van der Waals surface area contributed by atoms with E-state index in [0.29, 0.717) is 17.9 Å². The van der Waals surface area contributed by atoms with E-state index in [0.717, 1.165) is 7.05 Å². The molecular formula is C16H16ClF3N4O4S. The van der Waals surface area contributed by atoms with Crippen molar-refractivity contribution >= 4 is 33.2 Å². The number of morpholine rings is 1. The number of halogens is 4. The fourth-order valence-electron chi connectivity index (χ4n) is 2.79. The molecule has 1 aliphatic rings. The quantitative estimate of drug-likeness (QED) is 0.768. The van der Waals surface area contributed by atoms with Gasteiger partial charge in [-0.3, -0.25) is 9.48 Å². The Bertz CT molecular complexity index is 1020. The van der Waals surface area contributed by atoms with Crippen LogP contribution in [0.2, 0.25) is 5.02 Å². The molecule has 8 nitrogen and oxygen atoms in total. The highest BCUT2D eigenvalue weighted by atomic mass is 35.5. The minimum atomic E-state index is -4.77. The van der Waals surface area contributed by atoms with Gasteiger partial charge in [-0.05, 0) is 24.3 Å². The van der Waals surface area contributed by atoms with Gasteiger partial charge in [0.1, 0.15) is 5.02 Å². The molecule has 2 heterocycles. The molecule has 29 heavy (non-hydrogen) atoms. The summed E-state index contributed by atoms with van der Waals surface area (Å²) in [5.41, 5.74) is -1.66. The van der Waals surface area contributed by atoms with E-state index in [-0.39, 0.29) is 23.7 Å². The Morgan fingerprint density at radius 3 is 2.31 bits per heavy atom. The summed E-state index contributed by atoms with van der Waals surface area (Å²) >= 11 is 5.69. The molecule has 0 atom stereocenters. The van der Waals surface area contributed by atoms with Gasteiger partial charge in [-0.2, -0.15) is 22.6 Å². The summed E-state index contributed by atoms with van der Waals surface area (Å²) in [6, 6.07) is 5.24. The summed E-state index contributed by atoms with van der Waals surface area (Å²) in [6.45, 7) is 1.08. The maximum absolute atomic E-state index is 13.0. The number of nitrogens with one attached hydrogen (secondary N) is 1. The number of aryl methyl sites for hydroxylation is 1. The predicted octanol–water partition coefficient (Wildman–Crippen LogP) is 2.37. The van der Waals surface area contributed by atoms with Crippen molar-refractivity contribution < 1.29 is 31.1 Å². The third kappa shape index (κ3) is 4.39. The number of hydrogen-bond donors (Lipinski definition) is 1. The van der Waals surface area contributed by atoms with Gasteiger partial charge in [-0.1, -0.05) is 11.6 Å². The van der Waals surface area contributed by atoms with Gasteiger partial charge in [0, 0.05) is 25.8 Å². The second-order valence-corrected chi connectivity index (χ2v) is 8.44. The highest BCUT2D eigenvalue weighted by molar-refractivity contribution is 7.89. The average Bonchev–Trinajstić information content (AvgIpc) is 2.97. The van der Waals surface area contributed by atoms with Crippen LogP contribution in [-0.2, 0) is 28.0 Å². The number of aromatic nitrogens is 2. The van der Waals surface area contributed by atoms with E-state index in [1.807, 2.05) is 0 Å². The molecule has 1 fully saturated rings. The summed E-state index contributed by atoms with van der Waals surface area (Å²) in [5, 5.41) is 5.07. The number of rotatable bonds is 4. The summed E-state index contributed by atoms with van der Waals surface area (Å²) in [6.07, 6.45) is -4.77. The summed E-state index contributed by atoms with van der Waals surface area (Å²) in [4.78, 5) is 12.3. The first kappa shape index (κ1) is 21.6. The Kier molecular flexibility index (Phi) is 5.90. The number of nitrogens with zero attached hydrogens (tertiary/aromatic N) is 3. The Balaban J connectivity index is 1.77. The predicted molar refractivity (Wildman–Crippen MR) is 97.2 cm³/mol. The molecule has 1 saturated heterocycles. The largest absolute Gasteiger partial charge is 0.434 e. The zero-order chi connectivity index (χ0) is 21.4. The molecule has 0 aliphatic carbocycles. The number of sulfonamides is 1. The fourth-order valence-corrected chi connectivity index (χ4v) is 4.55. The van der Waals surface area contributed by atoms with Crippen molar-refractivity contribution in [1.29, 1.82) is 0 Å². The van der Waals surface area contributed by atoms with Gasteiger partial charge in [-0.25, -0.2) is 8.42 Å². The van der Waals surface area contributed by atoms with Crippen LogP contribution in [-0.4, -0.2) is 54.7 Å². The zero-order valence-corrected chi connectivity index (χ0v) is 16.6. The van der Waals surface area contributed by atoms with Crippen molar-refractivity contribution in [3.05, 3.63) is 40.7 Å². The van der Waals surface area contributed by atoms with E-state index in [4.69, 9.17) is 16.3 Å². The number of amides is 1. The molecule has 0 saturated carbocycles. The smallest absolute Gasteiger partial charge is 0.379 e. The Labute approximate surface area is 169 Å². The van der Waals surface area contributed by atoms with E-state index in [9.17, 15) is 26.4 Å². The molecule has 13 heteroatoms. The van der Waals surface area contributed by atoms with Crippen LogP contribution >= 0.6 is 11.6 Å². The van der Waals surface area contributed by atoms with Crippen LogP contribution in [0, 0.1) is 0 Å². The number of ether oxygens (including phenoxy) is 1. The summed E-state index contributed by atoms with van der Waals surface area (Å²) in [5.74, 6) is -0.954. The maximum atomic E-state index is 13.0. The monoisotopic (exact) mass is 452 g/mol. The van der Waals surface area contributed by atoms with Crippen molar-refractivity contribution in [2.24, 2.45) is 7.05 Å². The van der Waals surface area contributed by atoms with E-state index in [1.54, 1.807) is 0 Å². The normalized spacial score (nSPS) is 16.0. The third-order valence-electron chi connectivity index (χ3n) is 4.19. The fraction of sp³-hybridized carbons (Fsp3) is 0.375. The maximum Gasteiger partial charge on any atom is 0.434 e. The Morgan fingerprint density at radius 2 is 1.79 bits per heavy atom. The highest BCUT2D eigenvalue weighted by Gasteiger charge is 2.40. The lowest BCUT2D eigenvalue weighted by atomic mass is 10.3. The van der Waals surface area contributed by atoms with Crippen LogP contribution in [0.15, 0.2) is 29.2 Å². The lowest BCUT2D eigenvalue weighted by molar-refractivity contribution is -0.143. The number of benzene rings is 1. The second kappa shape index (κ2) is 7.94. The summed E-state index contributed by atoms with van der Waals surface area (Å²) < 4.78 is 71.0. The number of carbonyl (C=O) groups is 1. The van der Waals surface area contributed by atoms with E-state index in [1.165, 1.54) is 28.6 Å². The number of carbonyl (C=O) groups excluding carboxylic acids is 1. The van der Waals surface area contributed by atoms with Crippen molar-refractivity contribution in [2.45, 2.75) is 11.1 Å². The van der Waals surface area contributed by atoms with Crippen molar-refractivity contribution in [2.75, 3.05) is 31.6 Å². The average molecular weight is 453 g/mol. The van der Waals surface area contributed by atoms with Gasteiger partial charge in [0.2, 0.25) is 10.0 Å². The molecule has 3 rings (SSSR count). The Morgan fingerprint density at radius 1 is 1.21 bits per heavy atom. The molecule has 0 unspecified atom stereocenters. The lowest BCUT2D eigenvalue weighted by Crippen LogP contribution is -2.40. The van der Waals surface area contributed by atoms with Crippen LogP contribution in [0.3, 0.4) is 0 Å². The van der Waals surface area contributed by atoms with E-state index < -0.39 is 38.5 Å². The van der Waals surface area contributed by atoms with E-state index >= 15 is 0 Å². The Hall–Kier alpha value is -2.15. The molecule has 1 amide bonds. The number of hydrogen-bond acceptors (Lipinski definition) is 5. The van der Waals surface area contributed by atoms with E-state index in [2.05, 4.69) is 10.4 Å². The first-order chi connectivity index (χ1) is 13.5. The highest BCUT2D eigenvalue weighted by Crippen LogP contribution is 2.36. The van der Waals surface area contributed by atoms with Crippen molar-refractivity contribution in [1.82, 2.24) is 14.1 Å². The van der Waals surface area contributed by atoms with Crippen molar-refractivity contribution in [3.8, 4) is 0 Å². The molecular weight excluding hydrogens is 437 g/mol. The van der Waals surface area contributed by atoms with Crippen LogP contribution in [0.1, 0.15) is 16.2 Å². The standard InChI is InChI=1S/C16H16ClF3N4O4S/c1-23-14(16(18,19)20)12(17)13(22-23)15(25)21-10-2-4-11(5-3-10)29(26,27)24-6-8-28-9-7-24/h2-5H,6-9H2,1H3,(H,21,25). The molecule has 0 bridgehead atoms. The van der Waals surface area contributed by atoms with Gasteiger partial charge in [-0.15, -0.1) is 0 Å². The second-order valence-electron chi connectivity index (χ2n) is 6.13. The first-order valence-electron chi connectivity index (χ1n) is 8.31. The molecule has 1 aliphatic heterocycles. The molecule has 1 aromatic heterocycles. The molecule has 1 N–H and O–H groups in total. The SMILES string of the molecule is Cn1nc(C(=O)Nc2ccc(S(=O)(=O)N3CCOCC3)cc2)c(Cl)c1C(F)(F)F. The molecule has 0 radical (unpaired) electrons. The van der Waals surface area contributed by atoms with Gasteiger partial charge < -0.3 is 10.1 Å². The van der Waals surface area contributed by atoms with Gasteiger partial charge >= 0.3 is 6.18 Å². The molecule has 0 spiro atoms. The lowest BCUT2D eigenvalue weighted by Gasteiger charge is -2.26. The topological polar surface area (TPSA) is 93.5 Å². The molecule has 158 valence electrons. The first-order valence-corrected chi connectivity index (χ1v) is 10.1. The van der Waals surface area contributed by atoms with Gasteiger partial charge in [0.15, 0.2) is 11.4 Å². The van der Waals surface area contributed by atoms with Crippen LogP contribution in [0.4, 0.5) is 18.9 Å². The minimum absolute atomic E-state index is 0.0209. The molecule has 1 aromatic carbocycles. The van der Waals surface area contributed by atoms with Crippen molar-refractivity contribution in [3.63, 3.8) is 0 Å².